The predicted molar refractivity (Wildman–Crippen MR) is 81.1 cm³/mol. The summed E-state index contributed by atoms with van der Waals surface area (Å²) < 4.78 is 11.5. The van der Waals surface area contributed by atoms with E-state index in [1.165, 1.54) is 5.56 Å². The summed E-state index contributed by atoms with van der Waals surface area (Å²) in [5, 5.41) is 4.32. The number of rotatable bonds is 2. The Balaban J connectivity index is 1.94. The van der Waals surface area contributed by atoms with Gasteiger partial charge in [-0.25, -0.2) is 0 Å². The molecule has 20 heavy (non-hydrogen) atoms. The van der Waals surface area contributed by atoms with E-state index >= 15 is 0 Å². The van der Waals surface area contributed by atoms with Crippen LogP contribution in [-0.4, -0.2) is 25.3 Å². The Kier molecular flexibility index (Phi) is 4.08. The van der Waals surface area contributed by atoms with E-state index < -0.39 is 0 Å². The first kappa shape index (κ1) is 14.0. The van der Waals surface area contributed by atoms with Crippen LogP contribution in [0.2, 0.25) is 5.02 Å². The molecule has 2 aliphatic rings. The normalized spacial score (nSPS) is 29.2. The van der Waals surface area contributed by atoms with Crippen LogP contribution in [0.1, 0.15) is 44.6 Å². The molecule has 0 aromatic heterocycles. The summed E-state index contributed by atoms with van der Waals surface area (Å²) in [7, 11) is 0. The number of hydrogen-bond acceptors (Lipinski definition) is 3. The van der Waals surface area contributed by atoms with E-state index in [0.29, 0.717) is 42.0 Å². The molecular weight excluding hydrogens is 274 g/mol. The average molecular weight is 296 g/mol. The SMILES string of the molecule is CCC1NC(C)CC1c1cc(Cl)c2c(c1)OCCCO2. The molecule has 0 spiro atoms. The van der Waals surface area contributed by atoms with Crippen LogP contribution in [0.15, 0.2) is 12.1 Å². The van der Waals surface area contributed by atoms with E-state index in [1.807, 2.05) is 0 Å². The summed E-state index contributed by atoms with van der Waals surface area (Å²) in [6, 6.07) is 5.26. The van der Waals surface area contributed by atoms with Crippen LogP contribution in [0.5, 0.6) is 11.5 Å². The highest BCUT2D eigenvalue weighted by Gasteiger charge is 2.32. The van der Waals surface area contributed by atoms with E-state index in [-0.39, 0.29) is 0 Å². The quantitative estimate of drug-likeness (QED) is 0.901. The van der Waals surface area contributed by atoms with Gasteiger partial charge in [0, 0.05) is 24.4 Å². The molecule has 0 radical (unpaired) electrons. The van der Waals surface area contributed by atoms with Gasteiger partial charge < -0.3 is 14.8 Å². The average Bonchev–Trinajstić information content (AvgIpc) is 2.66. The molecule has 3 rings (SSSR count). The lowest BCUT2D eigenvalue weighted by Crippen LogP contribution is -2.28. The van der Waals surface area contributed by atoms with Crippen LogP contribution in [0.25, 0.3) is 0 Å². The summed E-state index contributed by atoms with van der Waals surface area (Å²) >= 11 is 6.40. The molecule has 3 atom stereocenters. The number of nitrogens with one attached hydrogen (secondary N) is 1. The zero-order chi connectivity index (χ0) is 14.1. The van der Waals surface area contributed by atoms with Gasteiger partial charge in [0.2, 0.25) is 0 Å². The van der Waals surface area contributed by atoms with Crippen molar-refractivity contribution in [2.75, 3.05) is 13.2 Å². The summed E-state index contributed by atoms with van der Waals surface area (Å²) in [4.78, 5) is 0. The zero-order valence-electron chi connectivity index (χ0n) is 12.1. The number of fused-ring (bicyclic) bond motifs is 1. The molecule has 4 heteroatoms. The van der Waals surface area contributed by atoms with E-state index in [9.17, 15) is 0 Å². The zero-order valence-corrected chi connectivity index (χ0v) is 12.9. The van der Waals surface area contributed by atoms with E-state index in [0.717, 1.165) is 25.0 Å². The summed E-state index contributed by atoms with van der Waals surface area (Å²) in [5.74, 6) is 2.02. The predicted octanol–water partition coefficient (Wildman–Crippen LogP) is 3.75. The van der Waals surface area contributed by atoms with Crippen LogP contribution in [0.4, 0.5) is 0 Å². The molecule has 0 bridgehead atoms. The number of halogens is 1. The fourth-order valence-corrected chi connectivity index (χ4v) is 3.60. The maximum absolute atomic E-state index is 6.40. The van der Waals surface area contributed by atoms with Crippen molar-refractivity contribution in [1.82, 2.24) is 5.32 Å². The first-order chi connectivity index (χ1) is 9.69. The second kappa shape index (κ2) is 5.82. The minimum atomic E-state index is 0.504. The molecule has 110 valence electrons. The highest BCUT2D eigenvalue weighted by atomic mass is 35.5. The minimum Gasteiger partial charge on any atom is -0.489 e. The standard InChI is InChI=1S/C16H22ClNO2/c1-3-14-12(7-10(2)18-14)11-8-13(17)16-15(9-11)19-5-4-6-20-16/h8-10,12,14,18H,3-7H2,1-2H3. The second-order valence-electron chi connectivity index (χ2n) is 5.81. The molecular formula is C16H22ClNO2. The van der Waals surface area contributed by atoms with Crippen molar-refractivity contribution in [3.05, 3.63) is 22.7 Å². The first-order valence-electron chi connectivity index (χ1n) is 7.54. The summed E-state index contributed by atoms with van der Waals surface area (Å²) in [5.41, 5.74) is 1.27. The van der Waals surface area contributed by atoms with Crippen LogP contribution in [0.3, 0.4) is 0 Å². The van der Waals surface area contributed by atoms with Gasteiger partial charge in [0.05, 0.1) is 18.2 Å². The van der Waals surface area contributed by atoms with Gasteiger partial charge in [0.1, 0.15) is 0 Å². The molecule has 2 heterocycles. The number of benzene rings is 1. The van der Waals surface area contributed by atoms with Crippen LogP contribution >= 0.6 is 11.6 Å². The maximum Gasteiger partial charge on any atom is 0.179 e. The molecule has 1 aromatic carbocycles. The van der Waals surface area contributed by atoms with Gasteiger partial charge in [-0.1, -0.05) is 18.5 Å². The van der Waals surface area contributed by atoms with Gasteiger partial charge in [-0.05, 0) is 37.5 Å². The fraction of sp³-hybridized carbons (Fsp3) is 0.625. The lowest BCUT2D eigenvalue weighted by molar-refractivity contribution is 0.297. The molecule has 0 aliphatic carbocycles. The Morgan fingerprint density at radius 1 is 1.30 bits per heavy atom. The second-order valence-corrected chi connectivity index (χ2v) is 6.21. The largest absolute Gasteiger partial charge is 0.489 e. The molecule has 3 unspecified atom stereocenters. The summed E-state index contributed by atoms with van der Waals surface area (Å²) in [6.45, 7) is 5.84. The monoisotopic (exact) mass is 295 g/mol. The Hall–Kier alpha value is -0.930. The Labute approximate surface area is 125 Å². The van der Waals surface area contributed by atoms with Crippen molar-refractivity contribution in [3.63, 3.8) is 0 Å². The molecule has 3 nitrogen and oxygen atoms in total. The van der Waals surface area contributed by atoms with E-state index in [4.69, 9.17) is 21.1 Å². The van der Waals surface area contributed by atoms with Crippen molar-refractivity contribution < 1.29 is 9.47 Å². The third-order valence-electron chi connectivity index (χ3n) is 4.28. The fourth-order valence-electron chi connectivity index (χ4n) is 3.33. The van der Waals surface area contributed by atoms with Crippen molar-refractivity contribution in [2.24, 2.45) is 0 Å². The molecule has 1 aromatic rings. The van der Waals surface area contributed by atoms with E-state index in [1.54, 1.807) is 0 Å². The highest BCUT2D eigenvalue weighted by molar-refractivity contribution is 6.32. The highest BCUT2D eigenvalue weighted by Crippen LogP contribution is 2.42. The van der Waals surface area contributed by atoms with Gasteiger partial charge in [0.15, 0.2) is 11.5 Å². The van der Waals surface area contributed by atoms with Crippen molar-refractivity contribution in [2.45, 2.75) is 51.1 Å². The molecule has 1 N–H and O–H groups in total. The molecule has 1 saturated heterocycles. The van der Waals surface area contributed by atoms with Crippen LogP contribution in [-0.2, 0) is 0 Å². The third-order valence-corrected chi connectivity index (χ3v) is 4.57. The Bertz CT molecular complexity index is 492. The van der Waals surface area contributed by atoms with Crippen molar-refractivity contribution in [3.8, 4) is 11.5 Å². The number of hydrogen-bond donors (Lipinski definition) is 1. The number of ether oxygens (including phenoxy) is 2. The molecule has 0 amide bonds. The minimum absolute atomic E-state index is 0.504. The van der Waals surface area contributed by atoms with Crippen LogP contribution in [0, 0.1) is 0 Å². The Morgan fingerprint density at radius 3 is 2.90 bits per heavy atom. The molecule has 2 aliphatic heterocycles. The van der Waals surface area contributed by atoms with Gasteiger partial charge in [-0.3, -0.25) is 0 Å². The molecule has 0 saturated carbocycles. The van der Waals surface area contributed by atoms with Crippen molar-refractivity contribution >= 4 is 11.6 Å². The Morgan fingerprint density at radius 2 is 2.10 bits per heavy atom. The lowest BCUT2D eigenvalue weighted by Gasteiger charge is -2.20. The van der Waals surface area contributed by atoms with Gasteiger partial charge >= 0.3 is 0 Å². The molecule has 1 fully saturated rings. The van der Waals surface area contributed by atoms with Crippen LogP contribution < -0.4 is 14.8 Å². The van der Waals surface area contributed by atoms with Crippen molar-refractivity contribution in [1.29, 1.82) is 0 Å². The maximum atomic E-state index is 6.40. The summed E-state index contributed by atoms with van der Waals surface area (Å²) in [6.07, 6.45) is 3.18. The van der Waals surface area contributed by atoms with Gasteiger partial charge in [-0.2, -0.15) is 0 Å². The lowest BCUT2D eigenvalue weighted by atomic mass is 9.89. The van der Waals surface area contributed by atoms with Gasteiger partial charge in [0.25, 0.3) is 0 Å². The third kappa shape index (κ3) is 2.61. The first-order valence-corrected chi connectivity index (χ1v) is 7.92. The topological polar surface area (TPSA) is 30.5 Å². The van der Waals surface area contributed by atoms with E-state index in [2.05, 4.69) is 31.3 Å². The van der Waals surface area contributed by atoms with Gasteiger partial charge in [-0.15, -0.1) is 0 Å². The smallest absolute Gasteiger partial charge is 0.179 e.